The highest BCUT2D eigenvalue weighted by Crippen LogP contribution is 2.20. The van der Waals surface area contributed by atoms with Gasteiger partial charge in [0, 0.05) is 11.8 Å². The van der Waals surface area contributed by atoms with E-state index in [4.69, 9.17) is 16.0 Å². The van der Waals surface area contributed by atoms with Gasteiger partial charge in [0.1, 0.15) is 0 Å². The van der Waals surface area contributed by atoms with Gasteiger partial charge in [-0.05, 0) is 25.1 Å². The van der Waals surface area contributed by atoms with Gasteiger partial charge in [-0.2, -0.15) is 0 Å². The maximum absolute atomic E-state index is 5.69. The van der Waals surface area contributed by atoms with Crippen LogP contribution in [-0.4, -0.2) is 5.16 Å². The molecule has 1 heterocycles. The number of nitrogens with one attached hydrogen (secondary N) is 1. The van der Waals surface area contributed by atoms with E-state index >= 15 is 0 Å². The number of anilines is 3. The van der Waals surface area contributed by atoms with Crippen molar-refractivity contribution in [1.82, 2.24) is 5.16 Å². The molecule has 1 aromatic heterocycles. The van der Waals surface area contributed by atoms with Crippen LogP contribution in [0.2, 0.25) is 0 Å². The largest absolute Gasteiger partial charge is 0.397 e. The highest BCUT2D eigenvalue weighted by molar-refractivity contribution is 5.69. The number of nitrogens with zero attached hydrogens (tertiary/aromatic N) is 1. The van der Waals surface area contributed by atoms with Crippen LogP contribution in [0.25, 0.3) is 0 Å². The maximum atomic E-state index is 5.69. The average molecular weight is 218 g/mol. The Morgan fingerprint density at radius 1 is 1.25 bits per heavy atom. The average Bonchev–Trinajstić information content (AvgIpc) is 2.66. The summed E-state index contributed by atoms with van der Waals surface area (Å²) in [6.45, 7) is 2.46. The molecule has 2 rings (SSSR count). The van der Waals surface area contributed by atoms with Crippen molar-refractivity contribution in [2.24, 2.45) is 0 Å². The third-order valence-corrected chi connectivity index (χ3v) is 2.23. The van der Waals surface area contributed by atoms with E-state index in [0.717, 1.165) is 17.1 Å². The summed E-state index contributed by atoms with van der Waals surface area (Å²) in [6, 6.07) is 7.31. The van der Waals surface area contributed by atoms with E-state index in [1.165, 1.54) is 0 Å². The van der Waals surface area contributed by atoms with E-state index < -0.39 is 0 Å². The molecule has 0 aliphatic heterocycles. The maximum Gasteiger partial charge on any atom is 0.156 e. The molecule has 84 valence electrons. The Morgan fingerprint density at radius 3 is 2.69 bits per heavy atom. The molecule has 5 N–H and O–H groups in total. The van der Waals surface area contributed by atoms with Crippen LogP contribution in [0.4, 0.5) is 17.1 Å². The van der Waals surface area contributed by atoms with Crippen LogP contribution in [0.5, 0.6) is 0 Å². The molecule has 1 aromatic carbocycles. The Hall–Kier alpha value is -2.17. The van der Waals surface area contributed by atoms with E-state index in [0.29, 0.717) is 17.9 Å². The predicted molar refractivity (Wildman–Crippen MR) is 63.8 cm³/mol. The van der Waals surface area contributed by atoms with Crippen molar-refractivity contribution in [3.63, 3.8) is 0 Å². The van der Waals surface area contributed by atoms with E-state index in [1.54, 1.807) is 12.1 Å². The van der Waals surface area contributed by atoms with Gasteiger partial charge in [0.15, 0.2) is 5.76 Å². The second kappa shape index (κ2) is 4.14. The minimum atomic E-state index is 0.568. The lowest BCUT2D eigenvalue weighted by atomic mass is 10.2. The first-order chi connectivity index (χ1) is 7.65. The molecule has 0 saturated heterocycles. The Labute approximate surface area is 93.4 Å². The Morgan fingerprint density at radius 2 is 2.06 bits per heavy atom. The molecule has 5 nitrogen and oxygen atoms in total. The zero-order valence-electron chi connectivity index (χ0n) is 9.03. The molecule has 2 aromatic rings. The third kappa shape index (κ3) is 2.25. The van der Waals surface area contributed by atoms with Gasteiger partial charge in [0.05, 0.1) is 23.6 Å². The standard InChI is InChI=1S/C11H14N4O/c1-7-4-9(16-15-7)6-14-8-2-3-10(12)11(13)5-8/h2-5,14H,6,12-13H2,1H3. The Bertz CT molecular complexity index is 492. The second-order valence-electron chi connectivity index (χ2n) is 3.63. The summed E-state index contributed by atoms with van der Waals surface area (Å²) in [7, 11) is 0. The lowest BCUT2D eigenvalue weighted by Crippen LogP contribution is -2.00. The first-order valence-corrected chi connectivity index (χ1v) is 4.96. The summed E-state index contributed by atoms with van der Waals surface area (Å²) in [4.78, 5) is 0. The van der Waals surface area contributed by atoms with Gasteiger partial charge < -0.3 is 21.3 Å². The highest BCUT2D eigenvalue weighted by Gasteiger charge is 2.01. The van der Waals surface area contributed by atoms with Gasteiger partial charge >= 0.3 is 0 Å². The molecule has 0 radical (unpaired) electrons. The molecule has 0 amide bonds. The quantitative estimate of drug-likeness (QED) is 0.683. The van der Waals surface area contributed by atoms with Crippen LogP contribution in [-0.2, 0) is 6.54 Å². The summed E-state index contributed by atoms with van der Waals surface area (Å²) in [6.07, 6.45) is 0. The fourth-order valence-corrected chi connectivity index (χ4v) is 1.37. The molecule has 0 aliphatic rings. The number of nitrogens with two attached hydrogens (primary N) is 2. The zero-order valence-corrected chi connectivity index (χ0v) is 9.03. The number of benzene rings is 1. The lowest BCUT2D eigenvalue weighted by molar-refractivity contribution is 0.384. The predicted octanol–water partition coefficient (Wildman–Crippen LogP) is 1.76. The Kier molecular flexibility index (Phi) is 2.68. The molecule has 0 unspecified atom stereocenters. The van der Waals surface area contributed by atoms with Gasteiger partial charge in [-0.3, -0.25) is 0 Å². The summed E-state index contributed by atoms with van der Waals surface area (Å²) < 4.78 is 5.07. The van der Waals surface area contributed by atoms with Crippen molar-refractivity contribution >= 4 is 17.1 Å². The molecular formula is C11H14N4O. The van der Waals surface area contributed by atoms with Crippen molar-refractivity contribution in [2.75, 3.05) is 16.8 Å². The van der Waals surface area contributed by atoms with Gasteiger partial charge in [0.25, 0.3) is 0 Å². The first kappa shape index (κ1) is 10.4. The van der Waals surface area contributed by atoms with Crippen LogP contribution in [0.15, 0.2) is 28.8 Å². The molecular weight excluding hydrogens is 204 g/mol. The van der Waals surface area contributed by atoms with Crippen molar-refractivity contribution < 1.29 is 4.52 Å². The number of aromatic nitrogens is 1. The number of rotatable bonds is 3. The molecule has 16 heavy (non-hydrogen) atoms. The highest BCUT2D eigenvalue weighted by atomic mass is 16.5. The molecule has 0 aliphatic carbocycles. The van der Waals surface area contributed by atoms with Gasteiger partial charge in [0.2, 0.25) is 0 Å². The minimum absolute atomic E-state index is 0.568. The van der Waals surface area contributed by atoms with Gasteiger partial charge in [-0.15, -0.1) is 0 Å². The molecule has 0 atom stereocenters. The molecule has 5 heteroatoms. The molecule has 0 bridgehead atoms. The van der Waals surface area contributed by atoms with Gasteiger partial charge in [-0.25, -0.2) is 0 Å². The number of hydrogen-bond donors (Lipinski definition) is 3. The lowest BCUT2D eigenvalue weighted by Gasteiger charge is -2.06. The van der Waals surface area contributed by atoms with Crippen LogP contribution in [0.1, 0.15) is 11.5 Å². The minimum Gasteiger partial charge on any atom is -0.397 e. The van der Waals surface area contributed by atoms with Crippen molar-refractivity contribution in [3.05, 3.63) is 35.7 Å². The third-order valence-electron chi connectivity index (χ3n) is 2.23. The summed E-state index contributed by atoms with van der Waals surface area (Å²) in [5.41, 5.74) is 14.2. The Balaban J connectivity index is 2.02. The van der Waals surface area contributed by atoms with Crippen LogP contribution in [0, 0.1) is 6.92 Å². The number of aryl methyl sites for hydroxylation is 1. The van der Waals surface area contributed by atoms with E-state index in [9.17, 15) is 0 Å². The van der Waals surface area contributed by atoms with E-state index in [2.05, 4.69) is 10.5 Å². The molecule has 0 saturated carbocycles. The van der Waals surface area contributed by atoms with E-state index in [1.807, 2.05) is 19.1 Å². The topological polar surface area (TPSA) is 90.1 Å². The van der Waals surface area contributed by atoms with Crippen molar-refractivity contribution in [3.8, 4) is 0 Å². The summed E-state index contributed by atoms with van der Waals surface area (Å²) in [5.74, 6) is 0.785. The second-order valence-corrected chi connectivity index (χ2v) is 3.63. The summed E-state index contributed by atoms with van der Waals surface area (Å²) >= 11 is 0. The zero-order chi connectivity index (χ0) is 11.5. The van der Waals surface area contributed by atoms with Crippen molar-refractivity contribution in [1.29, 1.82) is 0 Å². The summed E-state index contributed by atoms with van der Waals surface area (Å²) in [5, 5.41) is 6.97. The SMILES string of the molecule is Cc1cc(CNc2ccc(N)c(N)c2)on1. The van der Waals surface area contributed by atoms with Crippen LogP contribution >= 0.6 is 0 Å². The fourth-order valence-electron chi connectivity index (χ4n) is 1.37. The number of hydrogen-bond acceptors (Lipinski definition) is 5. The van der Waals surface area contributed by atoms with Crippen molar-refractivity contribution in [2.45, 2.75) is 13.5 Å². The van der Waals surface area contributed by atoms with E-state index in [-0.39, 0.29) is 0 Å². The normalized spacial score (nSPS) is 10.3. The number of nitrogen functional groups attached to an aromatic ring is 2. The molecule has 0 fully saturated rings. The smallest absolute Gasteiger partial charge is 0.156 e. The monoisotopic (exact) mass is 218 g/mol. The molecule has 0 spiro atoms. The van der Waals surface area contributed by atoms with Gasteiger partial charge in [-0.1, -0.05) is 5.16 Å². The van der Waals surface area contributed by atoms with Crippen LogP contribution < -0.4 is 16.8 Å². The van der Waals surface area contributed by atoms with Crippen LogP contribution in [0.3, 0.4) is 0 Å². The first-order valence-electron chi connectivity index (χ1n) is 4.96. The fraction of sp³-hybridized carbons (Fsp3) is 0.182.